The Morgan fingerprint density at radius 3 is 3.18 bits per heavy atom. The molecule has 2 aliphatic rings. The Hall–Kier alpha value is -0.780. The van der Waals surface area contributed by atoms with Crippen molar-refractivity contribution in [3.63, 3.8) is 0 Å². The van der Waals surface area contributed by atoms with Crippen molar-refractivity contribution in [2.45, 2.75) is 17.2 Å². The third-order valence-corrected chi connectivity index (χ3v) is 4.11. The second kappa shape index (κ2) is 4.84. The lowest BCUT2D eigenvalue weighted by molar-refractivity contribution is 0.0349. The molecule has 17 heavy (non-hydrogen) atoms. The molecule has 0 spiro atoms. The summed E-state index contributed by atoms with van der Waals surface area (Å²) in [5, 5.41) is 4.47. The molecule has 3 rings (SSSR count). The fraction of sp³-hybridized carbons (Fsp3) is 0.583. The molecule has 2 fully saturated rings. The molecule has 3 heterocycles. The summed E-state index contributed by atoms with van der Waals surface area (Å²) in [4.78, 5) is 6.87. The summed E-state index contributed by atoms with van der Waals surface area (Å²) in [6, 6.07) is 4.72. The van der Waals surface area contributed by atoms with E-state index in [1.54, 1.807) is 11.8 Å². The van der Waals surface area contributed by atoms with E-state index in [4.69, 9.17) is 4.74 Å². The summed E-state index contributed by atoms with van der Waals surface area (Å²) < 4.78 is 5.77. The predicted octanol–water partition coefficient (Wildman–Crippen LogP) is 0.981. The Bertz CT molecular complexity index is 384. The third-order valence-electron chi connectivity index (χ3n) is 3.45. The zero-order chi connectivity index (χ0) is 11.7. The number of hydrogen-bond donors (Lipinski definition) is 1. The van der Waals surface area contributed by atoms with Gasteiger partial charge in [-0.25, -0.2) is 4.98 Å². The number of aromatic nitrogens is 1. The van der Waals surface area contributed by atoms with Gasteiger partial charge in [0.25, 0.3) is 0 Å². The number of nitrogens with zero attached hydrogens (tertiary/aromatic N) is 2. The van der Waals surface area contributed by atoms with E-state index in [1.807, 2.05) is 12.5 Å². The maximum absolute atomic E-state index is 5.77. The molecule has 1 aromatic rings. The zero-order valence-electron chi connectivity index (χ0n) is 9.93. The van der Waals surface area contributed by atoms with Crippen molar-refractivity contribution in [1.29, 1.82) is 0 Å². The van der Waals surface area contributed by atoms with Crippen molar-refractivity contribution in [2.24, 2.45) is 0 Å². The second-order valence-corrected chi connectivity index (χ2v) is 5.21. The fourth-order valence-corrected chi connectivity index (χ4v) is 2.94. The monoisotopic (exact) mass is 251 g/mol. The summed E-state index contributed by atoms with van der Waals surface area (Å²) in [5.41, 5.74) is 1.21. The second-order valence-electron chi connectivity index (χ2n) is 4.39. The molecular formula is C12H17N3OS. The van der Waals surface area contributed by atoms with Crippen molar-refractivity contribution >= 4 is 17.4 Å². The van der Waals surface area contributed by atoms with Crippen LogP contribution >= 0.6 is 11.8 Å². The first-order valence-electron chi connectivity index (χ1n) is 5.97. The number of fused-ring (bicyclic) bond motifs is 1. The lowest BCUT2D eigenvalue weighted by atomic mass is 10.1. The first-order valence-corrected chi connectivity index (χ1v) is 7.20. The van der Waals surface area contributed by atoms with E-state index in [0.29, 0.717) is 12.1 Å². The van der Waals surface area contributed by atoms with Gasteiger partial charge in [-0.15, -0.1) is 11.8 Å². The van der Waals surface area contributed by atoms with Gasteiger partial charge in [-0.1, -0.05) is 0 Å². The summed E-state index contributed by atoms with van der Waals surface area (Å²) in [7, 11) is 0. The van der Waals surface area contributed by atoms with Gasteiger partial charge < -0.3 is 15.0 Å². The molecule has 2 atom stereocenters. The molecule has 2 saturated heterocycles. The molecule has 0 aromatic carbocycles. The van der Waals surface area contributed by atoms with Crippen molar-refractivity contribution in [1.82, 2.24) is 10.3 Å². The van der Waals surface area contributed by atoms with E-state index in [2.05, 4.69) is 27.3 Å². The quantitative estimate of drug-likeness (QED) is 0.793. The van der Waals surface area contributed by atoms with E-state index < -0.39 is 0 Å². The maximum Gasteiger partial charge on any atom is 0.0958 e. The van der Waals surface area contributed by atoms with Crippen LogP contribution in [-0.4, -0.2) is 49.6 Å². The van der Waals surface area contributed by atoms with Crippen LogP contribution in [0.15, 0.2) is 23.4 Å². The molecule has 1 aromatic heterocycles. The van der Waals surface area contributed by atoms with Crippen molar-refractivity contribution in [2.75, 3.05) is 37.4 Å². The number of rotatable bonds is 2. The Labute approximate surface area is 106 Å². The SMILES string of the molecule is CSc1ccc(N2CCO[C@H]3CNC[C@H]32)cn1. The van der Waals surface area contributed by atoms with E-state index >= 15 is 0 Å². The Morgan fingerprint density at radius 2 is 2.41 bits per heavy atom. The Kier molecular flexibility index (Phi) is 3.22. The highest BCUT2D eigenvalue weighted by Gasteiger charge is 2.36. The number of pyridine rings is 1. The number of nitrogens with one attached hydrogen (secondary N) is 1. The smallest absolute Gasteiger partial charge is 0.0958 e. The van der Waals surface area contributed by atoms with Gasteiger partial charge in [-0.3, -0.25) is 0 Å². The van der Waals surface area contributed by atoms with E-state index in [9.17, 15) is 0 Å². The van der Waals surface area contributed by atoms with Gasteiger partial charge in [0.1, 0.15) is 0 Å². The highest BCUT2D eigenvalue weighted by molar-refractivity contribution is 7.98. The average Bonchev–Trinajstić information content (AvgIpc) is 2.87. The molecule has 0 aliphatic carbocycles. The van der Waals surface area contributed by atoms with Crippen LogP contribution < -0.4 is 10.2 Å². The summed E-state index contributed by atoms with van der Waals surface area (Å²) in [5.74, 6) is 0. The van der Waals surface area contributed by atoms with Crippen LogP contribution in [0.2, 0.25) is 0 Å². The van der Waals surface area contributed by atoms with E-state index in [0.717, 1.165) is 31.3 Å². The first-order chi connectivity index (χ1) is 8.38. The molecule has 5 heteroatoms. The summed E-state index contributed by atoms with van der Waals surface area (Å²) in [6.45, 7) is 3.75. The van der Waals surface area contributed by atoms with E-state index in [-0.39, 0.29) is 0 Å². The van der Waals surface area contributed by atoms with Crippen LogP contribution in [0.5, 0.6) is 0 Å². The minimum atomic E-state index is 0.337. The first kappa shape index (κ1) is 11.3. The largest absolute Gasteiger partial charge is 0.373 e. The predicted molar refractivity (Wildman–Crippen MR) is 69.8 cm³/mol. The lowest BCUT2D eigenvalue weighted by Gasteiger charge is -2.38. The molecule has 4 nitrogen and oxygen atoms in total. The fourth-order valence-electron chi connectivity index (χ4n) is 2.57. The number of thioether (sulfide) groups is 1. The van der Waals surface area contributed by atoms with Crippen LogP contribution in [0.1, 0.15) is 0 Å². The van der Waals surface area contributed by atoms with Gasteiger partial charge in [0, 0.05) is 19.6 Å². The molecule has 92 valence electrons. The average molecular weight is 251 g/mol. The van der Waals surface area contributed by atoms with Gasteiger partial charge in [-0.2, -0.15) is 0 Å². The van der Waals surface area contributed by atoms with Crippen molar-refractivity contribution < 1.29 is 4.74 Å². The zero-order valence-corrected chi connectivity index (χ0v) is 10.7. The number of ether oxygens (including phenoxy) is 1. The normalized spacial score (nSPS) is 28.2. The minimum absolute atomic E-state index is 0.337. The topological polar surface area (TPSA) is 37.4 Å². The minimum Gasteiger partial charge on any atom is -0.373 e. The van der Waals surface area contributed by atoms with Gasteiger partial charge >= 0.3 is 0 Å². The van der Waals surface area contributed by atoms with Crippen LogP contribution in [0.3, 0.4) is 0 Å². The standard InChI is InChI=1S/C12H17N3OS/c1-17-12-3-2-9(6-14-12)15-4-5-16-11-8-13-7-10(11)15/h2-3,6,10-11,13H,4-5,7-8H2,1H3/t10-,11+/m1/s1. The molecule has 1 N–H and O–H groups in total. The molecule has 2 aliphatic heterocycles. The summed E-state index contributed by atoms with van der Waals surface area (Å²) >= 11 is 1.68. The van der Waals surface area contributed by atoms with Crippen LogP contribution in [-0.2, 0) is 4.74 Å². The molecule has 0 radical (unpaired) electrons. The molecule has 0 bridgehead atoms. The van der Waals surface area contributed by atoms with Crippen LogP contribution in [0.4, 0.5) is 5.69 Å². The van der Waals surface area contributed by atoms with Crippen LogP contribution in [0.25, 0.3) is 0 Å². The summed E-state index contributed by atoms with van der Waals surface area (Å²) in [6.07, 6.45) is 4.36. The third kappa shape index (κ3) is 2.14. The van der Waals surface area contributed by atoms with Crippen LogP contribution in [0, 0.1) is 0 Å². The van der Waals surface area contributed by atoms with Crippen molar-refractivity contribution in [3.05, 3.63) is 18.3 Å². The van der Waals surface area contributed by atoms with E-state index in [1.165, 1.54) is 5.69 Å². The molecule has 0 unspecified atom stereocenters. The lowest BCUT2D eigenvalue weighted by Crippen LogP contribution is -2.51. The highest BCUT2D eigenvalue weighted by Crippen LogP contribution is 2.25. The molecule has 0 saturated carbocycles. The maximum atomic E-state index is 5.77. The molecular weight excluding hydrogens is 234 g/mol. The Balaban J connectivity index is 1.81. The number of morpholine rings is 1. The highest BCUT2D eigenvalue weighted by atomic mass is 32.2. The van der Waals surface area contributed by atoms with Gasteiger partial charge in [0.05, 0.1) is 35.7 Å². The van der Waals surface area contributed by atoms with Crippen molar-refractivity contribution in [3.8, 4) is 0 Å². The Morgan fingerprint density at radius 1 is 1.47 bits per heavy atom. The number of hydrogen-bond acceptors (Lipinski definition) is 5. The number of anilines is 1. The van der Waals surface area contributed by atoms with Gasteiger partial charge in [-0.05, 0) is 18.4 Å². The van der Waals surface area contributed by atoms with Gasteiger partial charge in [0.15, 0.2) is 0 Å². The van der Waals surface area contributed by atoms with Gasteiger partial charge in [0.2, 0.25) is 0 Å². The molecule has 0 amide bonds.